The highest BCUT2D eigenvalue weighted by molar-refractivity contribution is 5.76. The third kappa shape index (κ3) is 3.77. The number of hydrogen-bond acceptors (Lipinski definition) is 5. The molecule has 1 saturated carbocycles. The van der Waals surface area contributed by atoms with E-state index in [-0.39, 0.29) is 11.5 Å². The Bertz CT molecular complexity index is 865. The fourth-order valence-electron chi connectivity index (χ4n) is 4.25. The Hall–Kier alpha value is -2.56. The van der Waals surface area contributed by atoms with Crippen molar-refractivity contribution in [2.24, 2.45) is 20.0 Å². The van der Waals surface area contributed by atoms with Gasteiger partial charge in [0.2, 0.25) is 5.91 Å². The summed E-state index contributed by atoms with van der Waals surface area (Å²) in [6.07, 6.45) is 6.63. The highest BCUT2D eigenvalue weighted by Gasteiger charge is 2.27. The Labute approximate surface area is 158 Å². The summed E-state index contributed by atoms with van der Waals surface area (Å²) < 4.78 is 2.29. The van der Waals surface area contributed by atoms with Crippen LogP contribution >= 0.6 is 0 Å². The van der Waals surface area contributed by atoms with Crippen LogP contribution in [-0.2, 0) is 18.9 Å². The zero-order chi connectivity index (χ0) is 19.6. The monoisotopic (exact) mass is 373 g/mol. The van der Waals surface area contributed by atoms with Gasteiger partial charge < -0.3 is 9.80 Å². The van der Waals surface area contributed by atoms with Gasteiger partial charge in [0, 0.05) is 46.7 Å². The zero-order valence-corrected chi connectivity index (χ0v) is 16.1. The van der Waals surface area contributed by atoms with Crippen LogP contribution in [0.1, 0.15) is 44.1 Å². The van der Waals surface area contributed by atoms with Crippen LogP contribution in [0.4, 0.5) is 5.82 Å². The van der Waals surface area contributed by atoms with Crippen LogP contribution in [0.25, 0.3) is 0 Å². The molecular weight excluding hydrogens is 346 g/mol. The number of anilines is 1. The van der Waals surface area contributed by atoms with Crippen molar-refractivity contribution in [3.05, 3.63) is 26.4 Å². The fourth-order valence-corrected chi connectivity index (χ4v) is 4.25. The minimum atomic E-state index is -0.578. The summed E-state index contributed by atoms with van der Waals surface area (Å²) in [6.45, 7) is 2.09. The molecule has 8 heteroatoms. The molecule has 1 aliphatic heterocycles. The fraction of sp³-hybridized carbons (Fsp3) is 0.684. The van der Waals surface area contributed by atoms with E-state index in [1.54, 1.807) is 7.05 Å². The van der Waals surface area contributed by atoms with Gasteiger partial charge in [-0.25, -0.2) is 4.79 Å². The van der Waals surface area contributed by atoms with Crippen molar-refractivity contribution in [1.82, 2.24) is 14.0 Å². The normalized spacial score (nSPS) is 18.0. The molecule has 0 spiro atoms. The molecule has 1 aromatic heterocycles. The summed E-state index contributed by atoms with van der Waals surface area (Å²) in [5.74, 6) is 1.23. The molecule has 2 heterocycles. The van der Waals surface area contributed by atoms with Crippen LogP contribution in [0.5, 0.6) is 0 Å². The Morgan fingerprint density at radius 3 is 2.30 bits per heavy atom. The Balaban J connectivity index is 1.67. The number of amides is 1. The van der Waals surface area contributed by atoms with Crippen LogP contribution < -0.4 is 16.1 Å². The van der Waals surface area contributed by atoms with Crippen molar-refractivity contribution in [1.29, 1.82) is 5.26 Å². The third-order valence-electron chi connectivity index (χ3n) is 5.92. The van der Waals surface area contributed by atoms with Crippen LogP contribution in [0.3, 0.4) is 0 Å². The van der Waals surface area contributed by atoms with Gasteiger partial charge in [0.05, 0.1) is 0 Å². The van der Waals surface area contributed by atoms with Crippen molar-refractivity contribution in [3.8, 4) is 6.07 Å². The lowest BCUT2D eigenvalue weighted by molar-refractivity contribution is -0.131. The van der Waals surface area contributed by atoms with E-state index in [2.05, 4.69) is 0 Å². The summed E-state index contributed by atoms with van der Waals surface area (Å²) in [7, 11) is 2.94. The van der Waals surface area contributed by atoms with Crippen LogP contribution in [0, 0.1) is 17.2 Å². The Morgan fingerprint density at radius 1 is 1.07 bits per heavy atom. The largest absolute Gasteiger partial charge is 0.353 e. The maximum Gasteiger partial charge on any atom is 0.332 e. The highest BCUT2D eigenvalue weighted by atomic mass is 16.2. The number of carbonyl (C=O) groups excluding carboxylic acids is 1. The second-order valence-electron chi connectivity index (χ2n) is 7.57. The van der Waals surface area contributed by atoms with E-state index in [1.807, 2.05) is 15.9 Å². The van der Waals surface area contributed by atoms with Crippen LogP contribution in [0.15, 0.2) is 9.59 Å². The minimum Gasteiger partial charge on any atom is -0.353 e. The van der Waals surface area contributed by atoms with E-state index in [1.165, 1.54) is 37.3 Å². The molecule has 146 valence electrons. The molecule has 0 bridgehead atoms. The van der Waals surface area contributed by atoms with Crippen molar-refractivity contribution >= 4 is 11.7 Å². The quantitative estimate of drug-likeness (QED) is 0.770. The zero-order valence-electron chi connectivity index (χ0n) is 16.1. The molecule has 0 atom stereocenters. The summed E-state index contributed by atoms with van der Waals surface area (Å²) in [6, 6.07) is 1.94. The molecule has 0 N–H and O–H groups in total. The maximum atomic E-state index is 12.5. The molecule has 2 fully saturated rings. The summed E-state index contributed by atoms with van der Waals surface area (Å²) >= 11 is 0. The minimum absolute atomic E-state index is 0.0272. The number of piperazine rings is 1. The van der Waals surface area contributed by atoms with Gasteiger partial charge in [0.25, 0.3) is 5.56 Å². The van der Waals surface area contributed by atoms with Gasteiger partial charge in [0.1, 0.15) is 11.9 Å². The van der Waals surface area contributed by atoms with Crippen molar-refractivity contribution in [2.45, 2.75) is 38.5 Å². The molecular formula is C19H27N5O3. The third-order valence-corrected chi connectivity index (χ3v) is 5.92. The number of rotatable bonds is 4. The smallest absolute Gasteiger partial charge is 0.332 e. The van der Waals surface area contributed by atoms with E-state index >= 15 is 0 Å². The van der Waals surface area contributed by atoms with Crippen LogP contribution in [0.2, 0.25) is 0 Å². The molecule has 0 unspecified atom stereocenters. The lowest BCUT2D eigenvalue weighted by Crippen LogP contribution is -2.51. The van der Waals surface area contributed by atoms with E-state index in [0.29, 0.717) is 44.3 Å². The molecule has 8 nitrogen and oxygen atoms in total. The molecule has 1 saturated heterocycles. The summed E-state index contributed by atoms with van der Waals surface area (Å²) in [5.41, 5.74) is -1.06. The first-order valence-electron chi connectivity index (χ1n) is 9.67. The van der Waals surface area contributed by atoms with E-state index in [4.69, 9.17) is 0 Å². The molecule has 1 aliphatic carbocycles. The van der Waals surface area contributed by atoms with E-state index in [9.17, 15) is 19.6 Å². The van der Waals surface area contributed by atoms with Gasteiger partial charge in [0.15, 0.2) is 5.56 Å². The standard InChI is InChI=1S/C19H27N5O3/c1-21-17(15(13-20)18(26)22(2)19(21)27)24-11-9-23(10-12-24)16(25)8-7-14-5-3-4-6-14/h14H,3-12H2,1-2H3. The van der Waals surface area contributed by atoms with Gasteiger partial charge in [-0.3, -0.25) is 18.7 Å². The molecule has 1 amide bonds. The molecule has 3 rings (SSSR count). The summed E-state index contributed by atoms with van der Waals surface area (Å²) in [5, 5.41) is 9.41. The first kappa shape index (κ1) is 19.2. The predicted molar refractivity (Wildman–Crippen MR) is 102 cm³/mol. The first-order valence-corrected chi connectivity index (χ1v) is 9.67. The molecule has 27 heavy (non-hydrogen) atoms. The second-order valence-corrected chi connectivity index (χ2v) is 7.57. The molecule has 2 aliphatic rings. The predicted octanol–water partition coefficient (Wildman–Crippen LogP) is 0.575. The number of nitriles is 1. The maximum absolute atomic E-state index is 12.5. The molecule has 0 aromatic carbocycles. The van der Waals surface area contributed by atoms with E-state index < -0.39 is 11.2 Å². The van der Waals surface area contributed by atoms with Gasteiger partial charge in [-0.1, -0.05) is 25.7 Å². The van der Waals surface area contributed by atoms with Gasteiger partial charge in [-0.2, -0.15) is 5.26 Å². The van der Waals surface area contributed by atoms with Gasteiger partial charge >= 0.3 is 5.69 Å². The lowest BCUT2D eigenvalue weighted by Gasteiger charge is -2.37. The van der Waals surface area contributed by atoms with E-state index in [0.717, 1.165) is 11.0 Å². The van der Waals surface area contributed by atoms with Gasteiger partial charge in [-0.05, 0) is 12.3 Å². The number of carbonyl (C=O) groups is 1. The molecule has 1 aromatic rings. The second kappa shape index (κ2) is 7.99. The number of aromatic nitrogens is 2. The Morgan fingerprint density at radius 2 is 1.70 bits per heavy atom. The van der Waals surface area contributed by atoms with Crippen molar-refractivity contribution < 1.29 is 4.79 Å². The Kier molecular flexibility index (Phi) is 5.68. The van der Waals surface area contributed by atoms with Crippen molar-refractivity contribution in [2.75, 3.05) is 31.1 Å². The average Bonchev–Trinajstić information content (AvgIpc) is 3.21. The average molecular weight is 373 g/mol. The lowest BCUT2D eigenvalue weighted by atomic mass is 10.0. The van der Waals surface area contributed by atoms with Crippen LogP contribution in [-0.4, -0.2) is 46.1 Å². The topological polar surface area (TPSA) is 91.3 Å². The van der Waals surface area contributed by atoms with Crippen molar-refractivity contribution in [3.63, 3.8) is 0 Å². The number of nitrogens with zero attached hydrogens (tertiary/aromatic N) is 5. The highest BCUT2D eigenvalue weighted by Crippen LogP contribution is 2.28. The molecule has 0 radical (unpaired) electrons. The first-order chi connectivity index (χ1) is 12.9. The summed E-state index contributed by atoms with van der Waals surface area (Å²) in [4.78, 5) is 40.7. The number of hydrogen-bond donors (Lipinski definition) is 0. The van der Waals surface area contributed by atoms with Gasteiger partial charge in [-0.15, -0.1) is 0 Å². The SMILES string of the molecule is Cn1c(N2CCN(C(=O)CCC3CCCC3)CC2)c(C#N)c(=O)n(C)c1=O.